The quantitative estimate of drug-likeness (QED) is 0.689. The summed E-state index contributed by atoms with van der Waals surface area (Å²) in [6.45, 7) is 0.0985. The third-order valence-corrected chi connectivity index (χ3v) is 4.47. The number of nitrogens with zero attached hydrogens (tertiary/aromatic N) is 1. The highest BCUT2D eigenvalue weighted by atomic mass is 16.5. The van der Waals surface area contributed by atoms with E-state index in [0.29, 0.717) is 28.1 Å². The molecular formula is C22H15NO5. The molecule has 0 aromatic heterocycles. The second kappa shape index (κ2) is 7.00. The zero-order chi connectivity index (χ0) is 19.7. The molecule has 0 bridgehead atoms. The number of carboxylic acid groups (broad SMARTS) is 1. The smallest absolute Gasteiger partial charge is 0.335 e. The van der Waals surface area contributed by atoms with Crippen LogP contribution in [0.15, 0.2) is 72.8 Å². The fourth-order valence-electron chi connectivity index (χ4n) is 3.13. The molecule has 1 heterocycles. The van der Waals surface area contributed by atoms with Crippen molar-refractivity contribution in [2.45, 2.75) is 6.61 Å². The lowest BCUT2D eigenvalue weighted by molar-refractivity contribution is 0.0696. The van der Waals surface area contributed by atoms with E-state index in [1.54, 1.807) is 60.7 Å². The second-order valence-corrected chi connectivity index (χ2v) is 6.25. The third kappa shape index (κ3) is 3.01. The zero-order valence-electron chi connectivity index (χ0n) is 14.7. The highest BCUT2D eigenvalue weighted by Gasteiger charge is 2.37. The van der Waals surface area contributed by atoms with Crippen molar-refractivity contribution in [2.24, 2.45) is 0 Å². The number of carboxylic acids is 1. The van der Waals surface area contributed by atoms with E-state index in [2.05, 4.69) is 0 Å². The Morgan fingerprint density at radius 1 is 0.857 bits per heavy atom. The minimum absolute atomic E-state index is 0.0985. The number of aromatic carboxylic acids is 1. The Balaban J connectivity index is 1.62. The fraction of sp³-hybridized carbons (Fsp3) is 0.0455. The first-order chi connectivity index (χ1) is 13.6. The number of amides is 2. The molecule has 6 heteroatoms. The van der Waals surface area contributed by atoms with E-state index in [9.17, 15) is 14.4 Å². The van der Waals surface area contributed by atoms with Crippen LogP contribution < -0.4 is 9.64 Å². The van der Waals surface area contributed by atoms with Gasteiger partial charge in [-0.05, 0) is 42.0 Å². The van der Waals surface area contributed by atoms with E-state index in [-0.39, 0.29) is 12.2 Å². The van der Waals surface area contributed by atoms with Crippen LogP contribution in [0.25, 0.3) is 0 Å². The summed E-state index contributed by atoms with van der Waals surface area (Å²) in [5.41, 5.74) is 1.89. The minimum atomic E-state index is -1.02. The summed E-state index contributed by atoms with van der Waals surface area (Å²) in [5, 5.41) is 9.10. The van der Waals surface area contributed by atoms with Crippen LogP contribution in [0.1, 0.15) is 36.6 Å². The van der Waals surface area contributed by atoms with Gasteiger partial charge in [0, 0.05) is 0 Å². The monoisotopic (exact) mass is 373 g/mol. The second-order valence-electron chi connectivity index (χ2n) is 6.25. The van der Waals surface area contributed by atoms with Gasteiger partial charge in [0.05, 0.1) is 22.4 Å². The standard InChI is InChI=1S/C22H15NO5/c24-20-16-8-1-2-9-17(16)21(25)23(20)18-10-3-4-11-19(18)28-13-14-6-5-7-15(12-14)22(26)27/h1-12H,13H2,(H,26,27). The summed E-state index contributed by atoms with van der Waals surface area (Å²) >= 11 is 0. The Labute approximate surface area is 160 Å². The van der Waals surface area contributed by atoms with Gasteiger partial charge in [-0.15, -0.1) is 0 Å². The van der Waals surface area contributed by atoms with Gasteiger partial charge in [-0.2, -0.15) is 0 Å². The average molecular weight is 373 g/mol. The molecular weight excluding hydrogens is 358 g/mol. The molecule has 0 atom stereocenters. The number of hydrogen-bond acceptors (Lipinski definition) is 4. The van der Waals surface area contributed by atoms with Crippen molar-refractivity contribution in [1.29, 1.82) is 0 Å². The van der Waals surface area contributed by atoms with E-state index in [4.69, 9.17) is 9.84 Å². The Bertz CT molecular complexity index is 1070. The molecule has 4 rings (SSSR count). The van der Waals surface area contributed by atoms with Gasteiger partial charge in [0.2, 0.25) is 0 Å². The lowest BCUT2D eigenvalue weighted by Crippen LogP contribution is -2.29. The third-order valence-electron chi connectivity index (χ3n) is 4.47. The lowest BCUT2D eigenvalue weighted by Gasteiger charge is -2.18. The molecule has 0 saturated carbocycles. The van der Waals surface area contributed by atoms with E-state index < -0.39 is 17.8 Å². The van der Waals surface area contributed by atoms with Gasteiger partial charge in [0.15, 0.2) is 0 Å². The van der Waals surface area contributed by atoms with Crippen molar-refractivity contribution >= 4 is 23.5 Å². The van der Waals surface area contributed by atoms with Crippen LogP contribution in [0.4, 0.5) is 5.69 Å². The van der Waals surface area contributed by atoms with E-state index in [1.165, 1.54) is 12.1 Å². The van der Waals surface area contributed by atoms with Crippen molar-refractivity contribution in [3.63, 3.8) is 0 Å². The maximum Gasteiger partial charge on any atom is 0.335 e. The molecule has 6 nitrogen and oxygen atoms in total. The Morgan fingerprint density at radius 3 is 2.18 bits per heavy atom. The van der Waals surface area contributed by atoms with Gasteiger partial charge in [0.1, 0.15) is 12.4 Å². The van der Waals surface area contributed by atoms with Crippen LogP contribution >= 0.6 is 0 Å². The summed E-state index contributed by atoms with van der Waals surface area (Å²) in [6.07, 6.45) is 0. The van der Waals surface area contributed by atoms with Crippen molar-refractivity contribution in [2.75, 3.05) is 4.90 Å². The normalized spacial score (nSPS) is 12.8. The molecule has 3 aromatic carbocycles. The number of rotatable bonds is 5. The molecule has 0 unspecified atom stereocenters. The van der Waals surface area contributed by atoms with Crippen LogP contribution in [0.3, 0.4) is 0 Å². The van der Waals surface area contributed by atoms with Gasteiger partial charge < -0.3 is 9.84 Å². The minimum Gasteiger partial charge on any atom is -0.487 e. The SMILES string of the molecule is O=C(O)c1cccc(COc2ccccc2N2C(=O)c3ccccc3C2=O)c1. The first-order valence-corrected chi connectivity index (χ1v) is 8.58. The predicted octanol–water partition coefficient (Wildman–Crippen LogP) is 3.76. The summed E-state index contributed by atoms with van der Waals surface area (Å²) < 4.78 is 5.83. The van der Waals surface area contributed by atoms with E-state index in [1.807, 2.05) is 0 Å². The van der Waals surface area contributed by atoms with Gasteiger partial charge in [0.25, 0.3) is 11.8 Å². The molecule has 0 spiro atoms. The molecule has 0 aliphatic carbocycles. The number of carbonyl (C=O) groups excluding carboxylic acids is 2. The van der Waals surface area contributed by atoms with Gasteiger partial charge in [-0.25, -0.2) is 9.69 Å². The summed E-state index contributed by atoms with van der Waals surface area (Å²) in [6, 6.07) is 19.8. The highest BCUT2D eigenvalue weighted by Crippen LogP contribution is 2.35. The number of benzene rings is 3. The number of imide groups is 1. The summed E-state index contributed by atoms with van der Waals surface area (Å²) in [5.74, 6) is -1.46. The Hall–Kier alpha value is -3.93. The fourth-order valence-corrected chi connectivity index (χ4v) is 3.13. The van der Waals surface area contributed by atoms with Crippen LogP contribution in [-0.2, 0) is 6.61 Å². The average Bonchev–Trinajstić information content (AvgIpc) is 2.97. The van der Waals surface area contributed by atoms with Crippen molar-refractivity contribution < 1.29 is 24.2 Å². The van der Waals surface area contributed by atoms with E-state index in [0.717, 1.165) is 4.90 Å². The molecule has 0 fully saturated rings. The van der Waals surface area contributed by atoms with Gasteiger partial charge in [-0.3, -0.25) is 9.59 Å². The van der Waals surface area contributed by atoms with Crippen molar-refractivity contribution in [1.82, 2.24) is 0 Å². The largest absolute Gasteiger partial charge is 0.487 e. The lowest BCUT2D eigenvalue weighted by atomic mass is 10.1. The molecule has 2 amide bonds. The van der Waals surface area contributed by atoms with Gasteiger partial charge >= 0.3 is 5.97 Å². The van der Waals surface area contributed by atoms with E-state index >= 15 is 0 Å². The Morgan fingerprint density at radius 2 is 1.50 bits per heavy atom. The Kier molecular flexibility index (Phi) is 4.37. The first kappa shape index (κ1) is 17.5. The van der Waals surface area contributed by atoms with Gasteiger partial charge in [-0.1, -0.05) is 36.4 Å². The molecule has 3 aromatic rings. The van der Waals surface area contributed by atoms with Crippen LogP contribution in [0.5, 0.6) is 5.75 Å². The number of fused-ring (bicyclic) bond motifs is 1. The molecule has 1 N–H and O–H groups in total. The summed E-state index contributed by atoms with van der Waals surface area (Å²) in [7, 11) is 0. The van der Waals surface area contributed by atoms with Crippen LogP contribution in [-0.4, -0.2) is 22.9 Å². The highest BCUT2D eigenvalue weighted by molar-refractivity contribution is 6.34. The molecule has 138 valence electrons. The maximum atomic E-state index is 12.7. The zero-order valence-corrected chi connectivity index (χ0v) is 14.7. The molecule has 0 radical (unpaired) electrons. The molecule has 0 saturated heterocycles. The number of anilines is 1. The number of hydrogen-bond donors (Lipinski definition) is 1. The number of ether oxygens (including phenoxy) is 1. The number of carbonyl (C=O) groups is 3. The van der Waals surface area contributed by atoms with Crippen LogP contribution in [0, 0.1) is 0 Å². The van der Waals surface area contributed by atoms with Crippen LogP contribution in [0.2, 0.25) is 0 Å². The molecule has 1 aliphatic heterocycles. The van der Waals surface area contributed by atoms with Crippen molar-refractivity contribution in [3.8, 4) is 5.75 Å². The topological polar surface area (TPSA) is 83.9 Å². The summed E-state index contributed by atoms with van der Waals surface area (Å²) in [4.78, 5) is 37.7. The predicted molar refractivity (Wildman–Crippen MR) is 102 cm³/mol. The molecule has 1 aliphatic rings. The first-order valence-electron chi connectivity index (χ1n) is 8.58. The molecule has 28 heavy (non-hydrogen) atoms. The van der Waals surface area contributed by atoms with Crippen molar-refractivity contribution in [3.05, 3.63) is 95.1 Å². The number of para-hydroxylation sites is 2. The maximum absolute atomic E-state index is 12.7.